The highest BCUT2D eigenvalue weighted by atomic mass is 32.2. The molecule has 6 nitrogen and oxygen atoms in total. The summed E-state index contributed by atoms with van der Waals surface area (Å²) in [5.74, 6) is -0.204. The van der Waals surface area contributed by atoms with Gasteiger partial charge in [-0.25, -0.2) is 10.4 Å². The van der Waals surface area contributed by atoms with Crippen LogP contribution in [0.5, 0.6) is 0 Å². The lowest BCUT2D eigenvalue weighted by atomic mass is 9.87. The van der Waals surface area contributed by atoms with Crippen molar-refractivity contribution in [3.8, 4) is 11.1 Å². The van der Waals surface area contributed by atoms with Gasteiger partial charge in [0.1, 0.15) is 4.83 Å². The van der Waals surface area contributed by atoms with Gasteiger partial charge >= 0.3 is 0 Å². The molecule has 0 atom stereocenters. The molecule has 0 saturated carbocycles. The zero-order valence-electron chi connectivity index (χ0n) is 20.5. The molecule has 0 fully saturated rings. The Morgan fingerprint density at radius 3 is 2.56 bits per heavy atom. The predicted octanol–water partition coefficient (Wildman–Crippen LogP) is 5.85. The third-order valence-electron chi connectivity index (χ3n) is 5.57. The molecule has 0 saturated heterocycles. The molecule has 0 aliphatic heterocycles. The van der Waals surface area contributed by atoms with Crippen LogP contribution in [0.4, 0.5) is 0 Å². The maximum Gasteiger partial charge on any atom is 0.263 e. The Morgan fingerprint density at radius 2 is 1.89 bits per heavy atom. The van der Waals surface area contributed by atoms with Crippen molar-refractivity contribution in [3.05, 3.63) is 94.1 Å². The number of carbonyl (C=O) groups excluding carboxylic acids is 1. The normalized spacial score (nSPS) is 11.8. The number of amides is 1. The molecular formula is C28H28N4O2S2. The molecule has 1 amide bonds. The fraction of sp³-hybridized carbons (Fsp3) is 0.214. The molecule has 0 spiro atoms. The van der Waals surface area contributed by atoms with Gasteiger partial charge in [0, 0.05) is 17.5 Å². The number of allylic oxidation sites excluding steroid dienone is 1. The number of aromatic nitrogens is 2. The van der Waals surface area contributed by atoms with Gasteiger partial charge in [-0.05, 0) is 22.1 Å². The molecule has 0 radical (unpaired) electrons. The lowest BCUT2D eigenvalue weighted by molar-refractivity contribution is -0.118. The van der Waals surface area contributed by atoms with Crippen molar-refractivity contribution < 1.29 is 4.79 Å². The Bertz CT molecular complexity index is 1460. The van der Waals surface area contributed by atoms with Crippen molar-refractivity contribution in [1.29, 1.82) is 0 Å². The minimum atomic E-state index is -0.279. The number of hydrogen-bond donors (Lipinski definition) is 1. The number of hydrogen-bond acceptors (Lipinski definition) is 6. The van der Waals surface area contributed by atoms with Crippen molar-refractivity contribution in [3.63, 3.8) is 0 Å². The van der Waals surface area contributed by atoms with E-state index in [0.717, 1.165) is 16.7 Å². The molecular weight excluding hydrogens is 488 g/mol. The summed E-state index contributed by atoms with van der Waals surface area (Å²) < 4.78 is 1.56. The summed E-state index contributed by atoms with van der Waals surface area (Å²) in [5, 5.41) is 7.09. The summed E-state index contributed by atoms with van der Waals surface area (Å²) in [4.78, 5) is 31.2. The maximum absolute atomic E-state index is 13.4. The van der Waals surface area contributed by atoms with Gasteiger partial charge in [0.15, 0.2) is 5.16 Å². The van der Waals surface area contributed by atoms with Crippen LogP contribution in [0.3, 0.4) is 0 Å². The Labute approximate surface area is 218 Å². The van der Waals surface area contributed by atoms with Crippen molar-refractivity contribution >= 4 is 45.4 Å². The van der Waals surface area contributed by atoms with Gasteiger partial charge in [-0.2, -0.15) is 5.10 Å². The quantitative estimate of drug-likeness (QED) is 0.105. The van der Waals surface area contributed by atoms with Crippen LogP contribution in [-0.2, 0) is 16.8 Å². The molecule has 8 heteroatoms. The second-order valence-corrected chi connectivity index (χ2v) is 11.0. The van der Waals surface area contributed by atoms with E-state index in [1.807, 2.05) is 47.8 Å². The number of thiophene rings is 1. The molecule has 4 rings (SSSR count). The second-order valence-electron chi connectivity index (χ2n) is 9.25. The van der Waals surface area contributed by atoms with E-state index >= 15 is 0 Å². The molecule has 1 N–H and O–H groups in total. The SMILES string of the molecule is C=CCn1c(SCC(=O)N/N=C/c2ccc(C(C)(C)C)cc2)nc2scc(-c3ccccc3)c2c1=O. The van der Waals surface area contributed by atoms with Gasteiger partial charge in [-0.15, -0.1) is 17.9 Å². The third-order valence-corrected chi connectivity index (χ3v) is 7.42. The number of benzene rings is 2. The topological polar surface area (TPSA) is 76.3 Å². The summed E-state index contributed by atoms with van der Waals surface area (Å²) in [6.45, 7) is 10.6. The van der Waals surface area contributed by atoms with Crippen molar-refractivity contribution in [1.82, 2.24) is 15.0 Å². The van der Waals surface area contributed by atoms with E-state index in [2.05, 4.69) is 50.0 Å². The van der Waals surface area contributed by atoms with Gasteiger partial charge in [0.2, 0.25) is 0 Å². The molecule has 2 heterocycles. The minimum absolute atomic E-state index is 0.0757. The van der Waals surface area contributed by atoms with E-state index in [1.165, 1.54) is 28.7 Å². The van der Waals surface area contributed by atoms with Crippen LogP contribution >= 0.6 is 23.1 Å². The molecule has 36 heavy (non-hydrogen) atoms. The Morgan fingerprint density at radius 1 is 1.17 bits per heavy atom. The fourth-order valence-corrected chi connectivity index (χ4v) is 5.44. The van der Waals surface area contributed by atoms with Gasteiger partial charge in [-0.3, -0.25) is 14.2 Å². The number of nitrogens with one attached hydrogen (secondary N) is 1. The van der Waals surface area contributed by atoms with E-state index in [-0.39, 0.29) is 22.6 Å². The van der Waals surface area contributed by atoms with Crippen LogP contribution in [0.25, 0.3) is 21.3 Å². The van der Waals surface area contributed by atoms with Crippen molar-refractivity contribution in [2.75, 3.05) is 5.75 Å². The Hall–Kier alpha value is -3.49. The number of fused-ring (bicyclic) bond motifs is 1. The third kappa shape index (κ3) is 5.83. The van der Waals surface area contributed by atoms with Crippen LogP contribution < -0.4 is 11.0 Å². The molecule has 184 valence electrons. The highest BCUT2D eigenvalue weighted by Crippen LogP contribution is 2.32. The van der Waals surface area contributed by atoms with Gasteiger partial charge < -0.3 is 0 Å². The number of nitrogens with zero attached hydrogens (tertiary/aromatic N) is 3. The largest absolute Gasteiger partial charge is 0.283 e. The highest BCUT2D eigenvalue weighted by Gasteiger charge is 2.18. The number of carbonyl (C=O) groups is 1. The smallest absolute Gasteiger partial charge is 0.263 e. The lowest BCUT2D eigenvalue weighted by Gasteiger charge is -2.18. The first-order chi connectivity index (χ1) is 17.3. The summed E-state index contributed by atoms with van der Waals surface area (Å²) in [6, 6.07) is 17.9. The Balaban J connectivity index is 1.47. The van der Waals surface area contributed by atoms with E-state index < -0.39 is 0 Å². The standard InChI is InChI=1S/C28H28N4O2S2/c1-5-15-32-26(34)24-22(20-9-7-6-8-10-20)17-35-25(24)30-27(32)36-18-23(33)31-29-16-19-11-13-21(14-12-19)28(2,3)4/h5-14,16-17H,1,15,18H2,2-4H3,(H,31,33)/b29-16+. The summed E-state index contributed by atoms with van der Waals surface area (Å²) >= 11 is 2.63. The van der Waals surface area contributed by atoms with E-state index in [0.29, 0.717) is 21.9 Å². The second kappa shape index (κ2) is 11.1. The van der Waals surface area contributed by atoms with Crippen LogP contribution in [0.15, 0.2) is 87.7 Å². The molecule has 0 aliphatic carbocycles. The fourth-order valence-electron chi connectivity index (χ4n) is 3.65. The Kier molecular flexibility index (Phi) is 7.86. The monoisotopic (exact) mass is 516 g/mol. The van der Waals surface area contributed by atoms with Crippen molar-refractivity contribution in [2.24, 2.45) is 5.10 Å². The molecule has 0 bridgehead atoms. The number of hydrazone groups is 1. The predicted molar refractivity (Wildman–Crippen MR) is 151 cm³/mol. The van der Waals surface area contributed by atoms with Crippen LogP contribution in [0.2, 0.25) is 0 Å². The molecule has 4 aromatic rings. The summed E-state index contributed by atoms with van der Waals surface area (Å²) in [6.07, 6.45) is 3.27. The first kappa shape index (κ1) is 25.6. The maximum atomic E-state index is 13.4. The molecule has 2 aromatic carbocycles. The first-order valence-electron chi connectivity index (χ1n) is 11.5. The van der Waals surface area contributed by atoms with E-state index in [1.54, 1.807) is 16.9 Å². The van der Waals surface area contributed by atoms with Crippen LogP contribution in [0.1, 0.15) is 31.9 Å². The van der Waals surface area contributed by atoms with Gasteiger partial charge in [0.05, 0.1) is 17.4 Å². The average molecular weight is 517 g/mol. The molecule has 0 aliphatic rings. The summed E-state index contributed by atoms with van der Waals surface area (Å²) in [7, 11) is 0. The molecule has 2 aromatic heterocycles. The van der Waals surface area contributed by atoms with E-state index in [9.17, 15) is 9.59 Å². The average Bonchev–Trinajstić information content (AvgIpc) is 3.29. The highest BCUT2D eigenvalue weighted by molar-refractivity contribution is 7.99. The van der Waals surface area contributed by atoms with Crippen LogP contribution in [0, 0.1) is 0 Å². The van der Waals surface area contributed by atoms with Gasteiger partial charge in [0.25, 0.3) is 11.5 Å². The van der Waals surface area contributed by atoms with Gasteiger partial charge in [-0.1, -0.05) is 93.2 Å². The number of rotatable bonds is 8. The number of thioether (sulfide) groups is 1. The van der Waals surface area contributed by atoms with E-state index in [4.69, 9.17) is 4.98 Å². The molecule has 0 unspecified atom stereocenters. The van der Waals surface area contributed by atoms with Crippen LogP contribution in [-0.4, -0.2) is 27.4 Å². The lowest BCUT2D eigenvalue weighted by Crippen LogP contribution is -2.24. The zero-order valence-corrected chi connectivity index (χ0v) is 22.2. The first-order valence-corrected chi connectivity index (χ1v) is 13.4. The minimum Gasteiger partial charge on any atom is -0.283 e. The van der Waals surface area contributed by atoms with Crippen molar-refractivity contribution in [2.45, 2.75) is 37.9 Å². The summed E-state index contributed by atoms with van der Waals surface area (Å²) in [5.41, 5.74) is 6.46. The zero-order chi connectivity index (χ0) is 25.7.